The summed E-state index contributed by atoms with van der Waals surface area (Å²) >= 11 is 0. The van der Waals surface area contributed by atoms with Crippen molar-refractivity contribution >= 4 is 43.1 Å². The maximum atomic E-state index is 14.9. The van der Waals surface area contributed by atoms with Crippen LogP contribution >= 0.6 is 0 Å². The Labute approximate surface area is 299 Å². The van der Waals surface area contributed by atoms with Crippen LogP contribution in [0.3, 0.4) is 0 Å². The van der Waals surface area contributed by atoms with Crippen molar-refractivity contribution in [3.63, 3.8) is 0 Å². The fraction of sp³-hybridized carbons (Fsp3) is 0.436. The number of fused-ring (bicyclic) bond motifs is 2. The fourth-order valence-electron chi connectivity index (χ4n) is 8.70. The molecule has 4 aliphatic rings. The van der Waals surface area contributed by atoms with Gasteiger partial charge in [-0.2, -0.15) is 5.10 Å². The van der Waals surface area contributed by atoms with E-state index in [1.54, 1.807) is 16.9 Å². The lowest BCUT2D eigenvalue weighted by Gasteiger charge is -2.33. The molecule has 5 atom stereocenters. The van der Waals surface area contributed by atoms with Crippen LogP contribution in [0, 0.1) is 5.92 Å². The lowest BCUT2D eigenvalue weighted by molar-refractivity contribution is -0.150. The van der Waals surface area contributed by atoms with Crippen LogP contribution in [-0.2, 0) is 31.3 Å². The Morgan fingerprint density at radius 1 is 1.06 bits per heavy atom. The number of amides is 3. The highest BCUT2D eigenvalue weighted by Crippen LogP contribution is 2.60. The molecule has 11 nitrogen and oxygen atoms in total. The first-order valence-corrected chi connectivity index (χ1v) is 20.8. The minimum atomic E-state index is -2.99. The number of hydrogen-bond donors (Lipinski definition) is 2. The molecule has 2 saturated heterocycles. The number of carbonyl (C=O) groups is 3. The number of benzene rings is 3. The van der Waals surface area contributed by atoms with E-state index in [2.05, 4.69) is 0 Å². The van der Waals surface area contributed by atoms with E-state index in [1.165, 1.54) is 5.01 Å². The van der Waals surface area contributed by atoms with Crippen LogP contribution in [-0.4, -0.2) is 79.0 Å². The first kappa shape index (κ1) is 35.1. The van der Waals surface area contributed by atoms with Crippen LogP contribution in [0.25, 0.3) is 0 Å². The molecule has 12 heteroatoms. The van der Waals surface area contributed by atoms with Crippen LogP contribution in [0.1, 0.15) is 55.7 Å². The zero-order valence-corrected chi connectivity index (χ0v) is 30.6. The van der Waals surface area contributed by atoms with Gasteiger partial charge in [0.15, 0.2) is 13.9 Å². The van der Waals surface area contributed by atoms with Crippen LogP contribution in [0.5, 0.6) is 5.75 Å². The Hall–Kier alpha value is -4.36. The second-order valence-corrected chi connectivity index (χ2v) is 18.7. The maximum absolute atomic E-state index is 14.9. The Morgan fingerprint density at radius 2 is 1.80 bits per heavy atom. The number of aliphatic hydroxyl groups is 1. The van der Waals surface area contributed by atoms with Crippen molar-refractivity contribution in [2.45, 2.75) is 82.0 Å². The van der Waals surface area contributed by atoms with Crippen molar-refractivity contribution in [1.82, 2.24) is 4.90 Å². The number of carbonyl (C=O) groups excluding carboxylic acids is 3. The summed E-state index contributed by atoms with van der Waals surface area (Å²) in [5, 5.41) is 16.0. The van der Waals surface area contributed by atoms with Crippen molar-refractivity contribution in [2.24, 2.45) is 11.0 Å². The Bertz CT molecular complexity index is 1850. The van der Waals surface area contributed by atoms with Crippen molar-refractivity contribution in [1.29, 1.82) is 0 Å². The number of hydrazone groups is 1. The topological polar surface area (TPSA) is 132 Å². The van der Waals surface area contributed by atoms with Crippen LogP contribution in [0.4, 0.5) is 11.4 Å². The molecule has 2 fully saturated rings. The second kappa shape index (κ2) is 13.6. The van der Waals surface area contributed by atoms with Crippen molar-refractivity contribution < 1.29 is 33.8 Å². The zero-order chi connectivity index (χ0) is 36.1. The highest BCUT2D eigenvalue weighted by molar-refractivity contribution is 6.71. The molecule has 3 amide bonds. The van der Waals surface area contributed by atoms with Crippen molar-refractivity contribution in [3.8, 4) is 5.75 Å². The van der Waals surface area contributed by atoms with Gasteiger partial charge in [0.05, 0.1) is 55.9 Å². The average molecular weight is 711 g/mol. The molecule has 0 saturated carbocycles. The normalized spacial score (nSPS) is 26.2. The number of hydrogen-bond acceptors (Lipinski definition) is 8. The summed E-state index contributed by atoms with van der Waals surface area (Å²) in [6.45, 7) is 6.34. The van der Waals surface area contributed by atoms with Crippen LogP contribution in [0.15, 0.2) is 77.9 Å². The second-order valence-electron chi connectivity index (χ2n) is 14.7. The Balaban J connectivity index is 1.19. The van der Waals surface area contributed by atoms with Crippen molar-refractivity contribution in [3.05, 3.63) is 89.5 Å². The molecule has 7 rings (SSSR count). The van der Waals surface area contributed by atoms with E-state index in [0.29, 0.717) is 42.1 Å². The maximum Gasteiger partial charge on any atom is 0.264 e. The van der Waals surface area contributed by atoms with E-state index in [9.17, 15) is 24.3 Å². The molecule has 4 heterocycles. The molecular weight excluding hydrogens is 665 g/mol. The largest absolute Gasteiger partial charge is 0.497 e. The predicted molar refractivity (Wildman–Crippen MR) is 196 cm³/mol. The number of methoxy groups -OCH3 is 1. The molecule has 1 spiro atoms. The Morgan fingerprint density at radius 3 is 2.49 bits per heavy atom. The van der Waals surface area contributed by atoms with E-state index < -0.39 is 31.5 Å². The van der Waals surface area contributed by atoms with Gasteiger partial charge in [-0.25, -0.2) is 5.01 Å². The molecule has 51 heavy (non-hydrogen) atoms. The summed E-state index contributed by atoms with van der Waals surface area (Å²) in [6.07, 6.45) is 1.83. The summed E-state index contributed by atoms with van der Waals surface area (Å²) in [4.78, 5) is 56.6. The third kappa shape index (κ3) is 6.17. The van der Waals surface area contributed by atoms with E-state index in [0.717, 1.165) is 29.7 Å². The molecule has 3 aromatic rings. The number of likely N-dealkylation sites (tertiary alicyclic amines) is 1. The van der Waals surface area contributed by atoms with Gasteiger partial charge < -0.3 is 29.2 Å². The fourth-order valence-corrected chi connectivity index (χ4v) is 11.3. The summed E-state index contributed by atoms with van der Waals surface area (Å²) in [7, 11) is -1.42. The molecule has 0 unspecified atom stereocenters. The monoisotopic (exact) mass is 710 g/mol. The lowest BCUT2D eigenvalue weighted by Crippen LogP contribution is -2.46. The molecule has 0 aromatic heterocycles. The molecular formula is C39H46N4O7Si. The van der Waals surface area contributed by atoms with Gasteiger partial charge in [0.2, 0.25) is 11.8 Å². The van der Waals surface area contributed by atoms with Crippen molar-refractivity contribution in [2.75, 3.05) is 30.2 Å². The van der Waals surface area contributed by atoms with E-state index in [1.807, 2.05) is 92.8 Å². The van der Waals surface area contributed by atoms with Crippen LogP contribution in [0.2, 0.25) is 18.6 Å². The molecule has 0 aliphatic carbocycles. The third-order valence-corrected chi connectivity index (χ3v) is 13.6. The zero-order valence-electron chi connectivity index (χ0n) is 29.6. The number of aliphatic hydroxyl groups excluding tert-OH is 1. The minimum Gasteiger partial charge on any atom is -0.497 e. The van der Waals surface area contributed by atoms with Crippen LogP contribution < -0.4 is 14.6 Å². The molecule has 2 N–H and O–H groups in total. The molecule has 4 aliphatic heterocycles. The number of ether oxygens (including phenoxy) is 2. The minimum absolute atomic E-state index is 0.0159. The third-order valence-electron chi connectivity index (χ3n) is 11.1. The van der Waals surface area contributed by atoms with E-state index >= 15 is 0 Å². The molecule has 0 radical (unpaired) electrons. The highest BCUT2D eigenvalue weighted by atomic mass is 28.4. The Kier molecular flexibility index (Phi) is 9.38. The van der Waals surface area contributed by atoms with Gasteiger partial charge in [0.25, 0.3) is 5.91 Å². The first-order valence-electron chi connectivity index (χ1n) is 17.8. The standard InChI is InChI=1S/C39H46N4O7Si/c1-25-37(51(3,4)48)34(22-36(46)41-20-8-11-29(41)24-44)50-39(25)31-21-30(49-2)16-18-33(31)42(38(39)47)23-26-12-14-28(15-13-26)43-35(45)19-17-32(40-43)27-9-6-5-7-10-27/h5-7,9-10,12-16,18,21,25,29,34,37,44,48H,8,11,17,19-20,22-24H2,1-4H3/t25-,29+,34+,37-,39+/m1/s1. The number of rotatable bonds is 9. The molecule has 3 aromatic carbocycles. The van der Waals surface area contributed by atoms with E-state index in [4.69, 9.17) is 14.6 Å². The SMILES string of the molecule is COc1ccc2c(c1)[C@]1(O[C@@H](CC(=O)N3CCC[C@H]3CO)[C@H]([Si](C)(C)O)[C@H]1C)C(=O)N2Cc1ccc(N2N=C(c3ccccc3)CCC2=O)cc1. The number of anilines is 2. The number of nitrogens with zero attached hydrogens (tertiary/aromatic N) is 4. The summed E-state index contributed by atoms with van der Waals surface area (Å²) in [5.41, 5.74) is 2.82. The van der Waals surface area contributed by atoms with Gasteiger partial charge in [-0.3, -0.25) is 14.4 Å². The van der Waals surface area contributed by atoms with Gasteiger partial charge in [-0.15, -0.1) is 0 Å². The van der Waals surface area contributed by atoms with Gasteiger partial charge in [0, 0.05) is 36.4 Å². The molecule has 0 bridgehead atoms. The highest BCUT2D eigenvalue weighted by Gasteiger charge is 2.66. The lowest BCUT2D eigenvalue weighted by atomic mass is 9.82. The summed E-state index contributed by atoms with van der Waals surface area (Å²) < 4.78 is 12.5. The van der Waals surface area contributed by atoms with Gasteiger partial charge in [0.1, 0.15) is 5.75 Å². The smallest absolute Gasteiger partial charge is 0.264 e. The van der Waals surface area contributed by atoms with E-state index in [-0.39, 0.29) is 43.3 Å². The summed E-state index contributed by atoms with van der Waals surface area (Å²) in [6, 6.07) is 22.6. The molecule has 268 valence electrons. The quantitative estimate of drug-likeness (QED) is 0.301. The van der Waals surface area contributed by atoms with Gasteiger partial charge in [-0.1, -0.05) is 49.4 Å². The van der Waals surface area contributed by atoms with Gasteiger partial charge in [-0.05, 0) is 67.4 Å². The summed E-state index contributed by atoms with van der Waals surface area (Å²) in [5.74, 6) is -0.336. The van der Waals surface area contributed by atoms with Gasteiger partial charge >= 0.3 is 0 Å². The predicted octanol–water partition coefficient (Wildman–Crippen LogP) is 4.94. The average Bonchev–Trinajstić information content (AvgIpc) is 3.79. The first-order chi connectivity index (χ1) is 24.5.